The summed E-state index contributed by atoms with van der Waals surface area (Å²) in [6, 6.07) is 5.58. The molecule has 3 heterocycles. The molecule has 2 aliphatic heterocycles. The van der Waals surface area contributed by atoms with Crippen molar-refractivity contribution < 1.29 is 14.3 Å². The van der Waals surface area contributed by atoms with Crippen LogP contribution in [-0.4, -0.2) is 40.5 Å². The predicted molar refractivity (Wildman–Crippen MR) is 103 cm³/mol. The summed E-state index contributed by atoms with van der Waals surface area (Å²) in [5.41, 5.74) is 7.41. The highest BCUT2D eigenvalue weighted by molar-refractivity contribution is 8.13. The minimum atomic E-state index is -0.385. The smallest absolute Gasteiger partial charge is 0.275 e. The van der Waals surface area contributed by atoms with Gasteiger partial charge in [-0.15, -0.1) is 0 Å². The Morgan fingerprint density at radius 3 is 2.96 bits per heavy atom. The van der Waals surface area contributed by atoms with Gasteiger partial charge in [0.15, 0.2) is 5.17 Å². The van der Waals surface area contributed by atoms with Crippen LogP contribution in [0.4, 0.5) is 5.69 Å². The zero-order valence-corrected chi connectivity index (χ0v) is 15.6. The van der Waals surface area contributed by atoms with Crippen molar-refractivity contribution in [3.8, 4) is 11.6 Å². The Morgan fingerprint density at radius 1 is 1.33 bits per heavy atom. The molecule has 0 bridgehead atoms. The fourth-order valence-corrected chi connectivity index (χ4v) is 4.18. The molecule has 0 aliphatic carbocycles. The van der Waals surface area contributed by atoms with Crippen molar-refractivity contribution in [1.29, 1.82) is 0 Å². The second-order valence-electron chi connectivity index (χ2n) is 6.29. The third kappa shape index (κ3) is 3.42. The predicted octanol–water partition coefficient (Wildman–Crippen LogP) is 2.17. The molecule has 2 aliphatic rings. The van der Waals surface area contributed by atoms with Crippen LogP contribution in [0.1, 0.15) is 28.9 Å². The van der Waals surface area contributed by atoms with E-state index >= 15 is 0 Å². The number of hydrogen-bond donors (Lipinski definition) is 2. The zero-order valence-electron chi connectivity index (χ0n) is 14.8. The number of nitrogens with zero attached hydrogens (tertiary/aromatic N) is 3. The Kier molecular flexibility index (Phi) is 4.61. The van der Waals surface area contributed by atoms with Gasteiger partial charge in [-0.25, -0.2) is 9.97 Å². The summed E-state index contributed by atoms with van der Waals surface area (Å²) < 4.78 is 10.7. The number of anilines is 1. The van der Waals surface area contributed by atoms with Crippen molar-refractivity contribution in [3.63, 3.8) is 0 Å². The molecule has 0 radical (unpaired) electrons. The fourth-order valence-electron chi connectivity index (χ4n) is 3.30. The average molecular weight is 385 g/mol. The van der Waals surface area contributed by atoms with Crippen LogP contribution < -0.4 is 20.5 Å². The van der Waals surface area contributed by atoms with Crippen LogP contribution in [0.5, 0.6) is 11.6 Å². The van der Waals surface area contributed by atoms with E-state index in [-0.39, 0.29) is 17.1 Å². The molecule has 4 rings (SSSR count). The maximum Gasteiger partial charge on any atom is 0.275 e. The molecule has 2 aromatic rings. The molecule has 1 aromatic heterocycles. The lowest BCUT2D eigenvalue weighted by Gasteiger charge is -2.38. The number of hydrogen-bond acceptors (Lipinski definition) is 8. The van der Waals surface area contributed by atoms with Gasteiger partial charge in [0, 0.05) is 23.4 Å². The number of ether oxygens (including phenoxy) is 2. The lowest BCUT2D eigenvalue weighted by molar-refractivity contribution is 0.102. The van der Waals surface area contributed by atoms with E-state index in [1.54, 1.807) is 17.8 Å². The zero-order chi connectivity index (χ0) is 18.9. The molecule has 1 atom stereocenters. The van der Waals surface area contributed by atoms with Gasteiger partial charge in [0.2, 0.25) is 5.88 Å². The summed E-state index contributed by atoms with van der Waals surface area (Å²) in [6.07, 6.45) is 4.43. The van der Waals surface area contributed by atoms with Gasteiger partial charge < -0.3 is 20.5 Å². The Labute approximate surface area is 160 Å². The number of rotatable bonds is 3. The van der Waals surface area contributed by atoms with E-state index in [9.17, 15) is 4.79 Å². The Hall–Kier alpha value is -2.81. The molecular formula is C18H19N5O3S. The molecule has 140 valence electrons. The van der Waals surface area contributed by atoms with Crippen molar-refractivity contribution in [2.75, 3.05) is 24.8 Å². The maximum atomic E-state index is 12.5. The highest BCUT2D eigenvalue weighted by Crippen LogP contribution is 2.46. The lowest BCUT2D eigenvalue weighted by atomic mass is 9.82. The summed E-state index contributed by atoms with van der Waals surface area (Å²) in [5.74, 6) is 1.70. The van der Waals surface area contributed by atoms with Crippen LogP contribution >= 0.6 is 11.8 Å². The summed E-state index contributed by atoms with van der Waals surface area (Å²) in [5, 5.41) is 3.45. The Balaban J connectivity index is 1.62. The van der Waals surface area contributed by atoms with Gasteiger partial charge in [-0.2, -0.15) is 0 Å². The van der Waals surface area contributed by atoms with Crippen LogP contribution in [0, 0.1) is 0 Å². The monoisotopic (exact) mass is 385 g/mol. The SMILES string of the molecule is COc1cnc(C(=O)Nc2ccc3c(c2)C2(CCO3)CCSC(N)=N2)cn1. The Bertz CT molecular complexity index is 902. The third-order valence-corrected chi connectivity index (χ3v) is 5.47. The van der Waals surface area contributed by atoms with Crippen molar-refractivity contribution in [2.24, 2.45) is 10.7 Å². The molecule has 8 nitrogen and oxygen atoms in total. The average Bonchev–Trinajstić information content (AvgIpc) is 2.69. The van der Waals surface area contributed by atoms with E-state index < -0.39 is 0 Å². The topological polar surface area (TPSA) is 112 Å². The second kappa shape index (κ2) is 7.07. The van der Waals surface area contributed by atoms with Crippen molar-refractivity contribution >= 4 is 28.5 Å². The highest BCUT2D eigenvalue weighted by Gasteiger charge is 2.39. The number of carbonyl (C=O) groups excluding carboxylic acids is 1. The molecule has 1 aromatic carbocycles. The van der Waals surface area contributed by atoms with Crippen LogP contribution in [0.25, 0.3) is 0 Å². The molecule has 1 amide bonds. The van der Waals surface area contributed by atoms with Crippen LogP contribution in [0.3, 0.4) is 0 Å². The van der Waals surface area contributed by atoms with Gasteiger partial charge in [-0.3, -0.25) is 9.79 Å². The van der Waals surface area contributed by atoms with Crippen LogP contribution in [0.2, 0.25) is 0 Å². The van der Waals surface area contributed by atoms with E-state index in [4.69, 9.17) is 20.2 Å². The third-order valence-electron chi connectivity index (χ3n) is 4.67. The number of benzene rings is 1. The van der Waals surface area contributed by atoms with Gasteiger partial charge in [-0.1, -0.05) is 11.8 Å². The van der Waals surface area contributed by atoms with E-state index in [1.807, 2.05) is 12.1 Å². The first-order valence-corrected chi connectivity index (χ1v) is 9.51. The number of thioether (sulfide) groups is 1. The highest BCUT2D eigenvalue weighted by atomic mass is 32.2. The number of nitrogens with one attached hydrogen (secondary N) is 1. The summed E-state index contributed by atoms with van der Waals surface area (Å²) in [7, 11) is 1.49. The van der Waals surface area contributed by atoms with E-state index in [0.29, 0.717) is 23.3 Å². The first-order valence-electron chi connectivity index (χ1n) is 8.52. The normalized spacial score (nSPS) is 21.0. The largest absolute Gasteiger partial charge is 0.493 e. The standard InChI is InChI=1S/C18H19N5O3S/c1-25-15-10-20-13(9-21-15)16(24)22-11-2-3-14-12(8-11)18(4-6-26-14)5-7-27-17(19)23-18/h2-3,8-10H,4-7H2,1H3,(H2,19,23)(H,22,24). The number of amidine groups is 1. The number of carbonyl (C=O) groups is 1. The van der Waals surface area contributed by atoms with E-state index in [0.717, 1.165) is 29.9 Å². The molecule has 0 fully saturated rings. The fraction of sp³-hybridized carbons (Fsp3) is 0.333. The van der Waals surface area contributed by atoms with Gasteiger partial charge in [0.25, 0.3) is 5.91 Å². The molecular weight excluding hydrogens is 366 g/mol. The van der Waals surface area contributed by atoms with E-state index in [2.05, 4.69) is 15.3 Å². The number of aromatic nitrogens is 2. The van der Waals surface area contributed by atoms with Gasteiger partial charge >= 0.3 is 0 Å². The Morgan fingerprint density at radius 2 is 2.22 bits per heavy atom. The number of fused-ring (bicyclic) bond motifs is 2. The summed E-state index contributed by atoms with van der Waals surface area (Å²) in [4.78, 5) is 25.3. The lowest BCUT2D eigenvalue weighted by Crippen LogP contribution is -2.36. The summed E-state index contributed by atoms with van der Waals surface area (Å²) in [6.45, 7) is 0.599. The second-order valence-corrected chi connectivity index (χ2v) is 7.40. The first-order chi connectivity index (χ1) is 13.1. The molecule has 0 saturated carbocycles. The minimum Gasteiger partial charge on any atom is -0.493 e. The molecule has 9 heteroatoms. The molecule has 0 saturated heterocycles. The van der Waals surface area contributed by atoms with Crippen molar-refractivity contribution in [2.45, 2.75) is 18.4 Å². The summed E-state index contributed by atoms with van der Waals surface area (Å²) >= 11 is 1.57. The van der Waals surface area contributed by atoms with Gasteiger partial charge in [0.1, 0.15) is 11.4 Å². The molecule has 27 heavy (non-hydrogen) atoms. The molecule has 1 spiro atoms. The quantitative estimate of drug-likeness (QED) is 0.833. The first kappa shape index (κ1) is 17.6. The van der Waals surface area contributed by atoms with Crippen molar-refractivity contribution in [3.05, 3.63) is 41.9 Å². The number of methoxy groups -OCH3 is 1. The molecule has 1 unspecified atom stereocenters. The van der Waals surface area contributed by atoms with Crippen LogP contribution in [0.15, 0.2) is 35.6 Å². The number of aliphatic imine (C=N–C) groups is 1. The minimum absolute atomic E-state index is 0.204. The van der Waals surface area contributed by atoms with Gasteiger partial charge in [-0.05, 0) is 24.6 Å². The van der Waals surface area contributed by atoms with Crippen molar-refractivity contribution in [1.82, 2.24) is 9.97 Å². The number of amides is 1. The van der Waals surface area contributed by atoms with Crippen LogP contribution in [-0.2, 0) is 5.54 Å². The van der Waals surface area contributed by atoms with Gasteiger partial charge in [0.05, 0.1) is 31.6 Å². The number of nitrogens with two attached hydrogens (primary N) is 1. The maximum absolute atomic E-state index is 12.5. The van der Waals surface area contributed by atoms with E-state index in [1.165, 1.54) is 19.5 Å². The molecule has 3 N–H and O–H groups in total.